The van der Waals surface area contributed by atoms with Crippen molar-refractivity contribution >= 4 is 6.09 Å². The minimum Gasteiger partial charge on any atom is -0.444 e. The Bertz CT molecular complexity index is 670. The highest BCUT2D eigenvalue weighted by Crippen LogP contribution is 2.28. The van der Waals surface area contributed by atoms with E-state index in [-0.39, 0.29) is 12.1 Å². The standard InChI is InChI=1S/C24H35NO2/c1-6-20-11-7-8-12-21(20)13-9-10-18-25(23(26)27-24(3,4)5)22-16-14-19(2)15-17-22/h7-8,11-12,19,22H,6,10,14-18H2,1-5H3. The molecule has 3 heteroatoms. The number of benzene rings is 1. The minimum absolute atomic E-state index is 0.196. The van der Waals surface area contributed by atoms with Crippen molar-refractivity contribution in [1.29, 1.82) is 0 Å². The summed E-state index contributed by atoms with van der Waals surface area (Å²) in [5.74, 6) is 7.32. The first-order valence-electron chi connectivity index (χ1n) is 10.4. The average Bonchev–Trinajstić information content (AvgIpc) is 2.61. The second-order valence-electron chi connectivity index (χ2n) is 8.65. The largest absolute Gasteiger partial charge is 0.444 e. The van der Waals surface area contributed by atoms with E-state index in [1.807, 2.05) is 31.7 Å². The van der Waals surface area contributed by atoms with Crippen molar-refractivity contribution in [1.82, 2.24) is 4.90 Å². The van der Waals surface area contributed by atoms with Crippen molar-refractivity contribution in [2.24, 2.45) is 5.92 Å². The second-order valence-corrected chi connectivity index (χ2v) is 8.65. The summed E-state index contributed by atoms with van der Waals surface area (Å²) in [7, 11) is 0. The van der Waals surface area contributed by atoms with E-state index in [2.05, 4.69) is 43.9 Å². The number of carbonyl (C=O) groups is 1. The second kappa shape index (κ2) is 9.83. The highest BCUT2D eigenvalue weighted by molar-refractivity contribution is 5.68. The molecular formula is C24H35NO2. The van der Waals surface area contributed by atoms with E-state index in [0.717, 1.165) is 30.7 Å². The molecule has 1 saturated carbocycles. The number of amides is 1. The summed E-state index contributed by atoms with van der Waals surface area (Å²) in [6.07, 6.45) is 5.94. The molecule has 2 rings (SSSR count). The van der Waals surface area contributed by atoms with Gasteiger partial charge >= 0.3 is 6.09 Å². The molecule has 0 aliphatic heterocycles. The van der Waals surface area contributed by atoms with Gasteiger partial charge in [-0.25, -0.2) is 4.79 Å². The summed E-state index contributed by atoms with van der Waals surface area (Å²) in [6.45, 7) is 10.9. The molecule has 0 unspecified atom stereocenters. The number of ether oxygens (including phenoxy) is 1. The molecule has 0 heterocycles. The van der Waals surface area contributed by atoms with Crippen molar-refractivity contribution in [2.45, 2.75) is 84.8 Å². The summed E-state index contributed by atoms with van der Waals surface area (Å²) in [4.78, 5) is 14.7. The maximum absolute atomic E-state index is 12.8. The van der Waals surface area contributed by atoms with E-state index < -0.39 is 5.60 Å². The van der Waals surface area contributed by atoms with Gasteiger partial charge in [-0.15, -0.1) is 0 Å². The van der Waals surface area contributed by atoms with Gasteiger partial charge in [-0.2, -0.15) is 0 Å². The molecule has 1 aliphatic carbocycles. The Morgan fingerprint density at radius 2 is 1.85 bits per heavy atom. The van der Waals surface area contributed by atoms with Crippen molar-refractivity contribution in [3.8, 4) is 11.8 Å². The van der Waals surface area contributed by atoms with Gasteiger partial charge in [0.1, 0.15) is 5.60 Å². The minimum atomic E-state index is -0.469. The molecule has 0 N–H and O–H groups in total. The number of hydrogen-bond acceptors (Lipinski definition) is 2. The molecule has 1 aromatic carbocycles. The van der Waals surface area contributed by atoms with Gasteiger partial charge in [-0.3, -0.25) is 0 Å². The van der Waals surface area contributed by atoms with Gasteiger partial charge in [0.25, 0.3) is 0 Å². The monoisotopic (exact) mass is 369 g/mol. The Morgan fingerprint density at radius 1 is 1.19 bits per heavy atom. The fraction of sp³-hybridized carbons (Fsp3) is 0.625. The van der Waals surface area contributed by atoms with Crippen LogP contribution in [0.15, 0.2) is 24.3 Å². The van der Waals surface area contributed by atoms with Gasteiger partial charge in [0, 0.05) is 24.6 Å². The normalized spacial score (nSPS) is 19.7. The lowest BCUT2D eigenvalue weighted by Gasteiger charge is -2.36. The van der Waals surface area contributed by atoms with Crippen LogP contribution in [0.5, 0.6) is 0 Å². The molecule has 0 bridgehead atoms. The van der Waals surface area contributed by atoms with Gasteiger partial charge in [0.2, 0.25) is 0 Å². The third-order valence-electron chi connectivity index (χ3n) is 5.15. The number of hydrogen-bond donors (Lipinski definition) is 0. The number of nitrogens with zero attached hydrogens (tertiary/aromatic N) is 1. The van der Waals surface area contributed by atoms with Crippen LogP contribution >= 0.6 is 0 Å². The predicted octanol–water partition coefficient (Wildman–Crippen LogP) is 5.81. The Kier molecular flexibility index (Phi) is 7.78. The first-order valence-corrected chi connectivity index (χ1v) is 10.4. The van der Waals surface area contributed by atoms with Gasteiger partial charge < -0.3 is 9.64 Å². The van der Waals surface area contributed by atoms with E-state index in [1.165, 1.54) is 18.4 Å². The highest BCUT2D eigenvalue weighted by Gasteiger charge is 2.30. The molecule has 148 valence electrons. The zero-order valence-electron chi connectivity index (χ0n) is 17.7. The summed E-state index contributed by atoms with van der Waals surface area (Å²) >= 11 is 0. The van der Waals surface area contributed by atoms with E-state index in [0.29, 0.717) is 13.0 Å². The average molecular weight is 370 g/mol. The molecule has 0 atom stereocenters. The lowest BCUT2D eigenvalue weighted by Crippen LogP contribution is -2.45. The van der Waals surface area contributed by atoms with E-state index in [4.69, 9.17) is 4.74 Å². The molecule has 0 saturated heterocycles. The Morgan fingerprint density at radius 3 is 2.48 bits per heavy atom. The predicted molar refractivity (Wildman–Crippen MR) is 112 cm³/mol. The first kappa shape index (κ1) is 21.4. The smallest absolute Gasteiger partial charge is 0.410 e. The molecule has 1 aromatic rings. The van der Waals surface area contributed by atoms with Crippen molar-refractivity contribution in [3.63, 3.8) is 0 Å². The van der Waals surface area contributed by atoms with E-state index >= 15 is 0 Å². The first-order chi connectivity index (χ1) is 12.8. The highest BCUT2D eigenvalue weighted by atomic mass is 16.6. The van der Waals surface area contributed by atoms with Crippen molar-refractivity contribution in [3.05, 3.63) is 35.4 Å². The Hall–Kier alpha value is -1.95. The van der Waals surface area contributed by atoms with Crippen LogP contribution in [0, 0.1) is 17.8 Å². The van der Waals surface area contributed by atoms with Crippen LogP contribution in [-0.4, -0.2) is 29.2 Å². The molecule has 0 radical (unpaired) electrons. The molecule has 0 aromatic heterocycles. The van der Waals surface area contributed by atoms with Gasteiger partial charge in [0.15, 0.2) is 0 Å². The molecule has 1 amide bonds. The Labute approximate surface area is 165 Å². The molecule has 1 aliphatic rings. The maximum Gasteiger partial charge on any atom is 0.410 e. The van der Waals surface area contributed by atoms with Crippen molar-refractivity contribution < 1.29 is 9.53 Å². The summed E-state index contributed by atoms with van der Waals surface area (Å²) in [5.41, 5.74) is 1.90. The third-order valence-corrected chi connectivity index (χ3v) is 5.15. The Balaban J connectivity index is 2.03. The van der Waals surface area contributed by atoms with Crippen LogP contribution in [0.25, 0.3) is 0 Å². The van der Waals surface area contributed by atoms with Gasteiger partial charge in [0.05, 0.1) is 0 Å². The fourth-order valence-electron chi connectivity index (χ4n) is 3.58. The molecule has 3 nitrogen and oxygen atoms in total. The quantitative estimate of drug-likeness (QED) is 0.627. The molecular weight excluding hydrogens is 334 g/mol. The molecule has 0 spiro atoms. The van der Waals surface area contributed by atoms with Crippen LogP contribution in [0.2, 0.25) is 0 Å². The topological polar surface area (TPSA) is 29.5 Å². The molecule has 1 fully saturated rings. The fourth-order valence-corrected chi connectivity index (χ4v) is 3.58. The van der Waals surface area contributed by atoms with Crippen LogP contribution < -0.4 is 0 Å². The summed E-state index contributed by atoms with van der Waals surface area (Å²) in [6, 6.07) is 8.55. The van der Waals surface area contributed by atoms with Crippen LogP contribution in [0.3, 0.4) is 0 Å². The maximum atomic E-state index is 12.8. The lowest BCUT2D eigenvalue weighted by atomic mass is 9.86. The van der Waals surface area contributed by atoms with Crippen molar-refractivity contribution in [2.75, 3.05) is 6.54 Å². The zero-order chi connectivity index (χ0) is 19.9. The van der Waals surface area contributed by atoms with E-state index in [9.17, 15) is 4.79 Å². The third kappa shape index (κ3) is 6.94. The SMILES string of the molecule is CCc1ccccc1C#CCCN(C(=O)OC(C)(C)C)C1CCC(C)CC1. The number of aryl methyl sites for hydroxylation is 1. The van der Waals surface area contributed by atoms with Crippen LogP contribution in [0.1, 0.15) is 77.8 Å². The van der Waals surface area contributed by atoms with Gasteiger partial charge in [-0.1, -0.05) is 43.9 Å². The molecule has 27 heavy (non-hydrogen) atoms. The lowest BCUT2D eigenvalue weighted by molar-refractivity contribution is 0.0112. The number of rotatable bonds is 4. The zero-order valence-corrected chi connectivity index (χ0v) is 17.7. The summed E-state index contributed by atoms with van der Waals surface area (Å²) in [5, 5.41) is 0. The summed E-state index contributed by atoms with van der Waals surface area (Å²) < 4.78 is 5.67. The van der Waals surface area contributed by atoms with Crippen LogP contribution in [-0.2, 0) is 11.2 Å². The van der Waals surface area contributed by atoms with Crippen LogP contribution in [0.4, 0.5) is 4.79 Å². The van der Waals surface area contributed by atoms with E-state index in [1.54, 1.807) is 0 Å². The van der Waals surface area contributed by atoms with Gasteiger partial charge in [-0.05, 0) is 70.4 Å². The number of carbonyl (C=O) groups excluding carboxylic acids is 1.